The van der Waals surface area contributed by atoms with E-state index in [0.717, 1.165) is 93.0 Å². The van der Waals surface area contributed by atoms with Crippen LogP contribution in [0.3, 0.4) is 0 Å². The van der Waals surface area contributed by atoms with Crippen molar-refractivity contribution < 1.29 is 0 Å². The highest BCUT2D eigenvalue weighted by Crippen LogP contribution is 2.44. The van der Waals surface area contributed by atoms with E-state index >= 15 is 0 Å². The molecule has 0 saturated carbocycles. The zero-order valence-corrected chi connectivity index (χ0v) is 31.6. The van der Waals surface area contributed by atoms with Crippen LogP contribution in [0.5, 0.6) is 0 Å². The minimum atomic E-state index is 0.477. The molecule has 0 aliphatic heterocycles. The van der Waals surface area contributed by atoms with Gasteiger partial charge in [-0.25, -0.2) is 0 Å². The summed E-state index contributed by atoms with van der Waals surface area (Å²) in [5, 5.41) is 31.1. The van der Waals surface area contributed by atoms with Gasteiger partial charge in [-0.05, 0) is 88.6 Å². The molecule has 3 aromatic heterocycles. The van der Waals surface area contributed by atoms with Gasteiger partial charge in [0.15, 0.2) is 0 Å². The Morgan fingerprint density at radius 3 is 1.44 bits per heavy atom. The Bertz CT molecular complexity index is 3790. The summed E-state index contributed by atoms with van der Waals surface area (Å²) in [5.74, 6) is 0. The highest BCUT2D eigenvalue weighted by molar-refractivity contribution is 6.29. The first-order valence-corrected chi connectivity index (χ1v) is 19.7. The Balaban J connectivity index is 1.15. The smallest absolute Gasteiger partial charge is 0.101 e. The fourth-order valence-corrected chi connectivity index (χ4v) is 9.62. The van der Waals surface area contributed by atoms with Crippen molar-refractivity contribution in [1.82, 2.24) is 13.7 Å². The molecule has 12 aromatic rings. The third kappa shape index (κ3) is 4.65. The van der Waals surface area contributed by atoms with Gasteiger partial charge in [0.2, 0.25) is 0 Å². The molecule has 0 aliphatic carbocycles. The number of hydrogen-bond donors (Lipinski definition) is 0. The second-order valence-corrected chi connectivity index (χ2v) is 15.1. The summed E-state index contributed by atoms with van der Waals surface area (Å²) in [5.41, 5.74) is 11.8. The molecule has 272 valence electrons. The quantitative estimate of drug-likeness (QED) is 0.180. The molecule has 0 aliphatic rings. The molecule has 0 radical (unpaired) electrons. The van der Waals surface area contributed by atoms with Crippen molar-refractivity contribution in [2.45, 2.75) is 0 Å². The summed E-state index contributed by atoms with van der Waals surface area (Å²) in [6, 6.07) is 70.5. The molecule has 0 amide bonds. The Morgan fingerprint density at radius 1 is 0.322 bits per heavy atom. The Hall–Kier alpha value is -8.38. The van der Waals surface area contributed by atoms with Crippen LogP contribution in [0.15, 0.2) is 188 Å². The molecule has 5 heteroatoms. The van der Waals surface area contributed by atoms with Crippen LogP contribution < -0.4 is 0 Å². The Morgan fingerprint density at radius 2 is 0.797 bits per heavy atom. The van der Waals surface area contributed by atoms with Crippen LogP contribution in [0.4, 0.5) is 0 Å². The summed E-state index contributed by atoms with van der Waals surface area (Å²) in [6.45, 7) is 0. The molecule has 0 spiro atoms. The molecule has 9 aromatic carbocycles. The summed E-state index contributed by atoms with van der Waals surface area (Å²) >= 11 is 0. The maximum absolute atomic E-state index is 11.1. The van der Waals surface area contributed by atoms with Gasteiger partial charge in [-0.2, -0.15) is 10.5 Å². The van der Waals surface area contributed by atoms with Crippen molar-refractivity contribution in [2.24, 2.45) is 0 Å². The summed E-state index contributed by atoms with van der Waals surface area (Å²) < 4.78 is 6.67. The number of benzene rings is 9. The zero-order chi connectivity index (χ0) is 39.2. The zero-order valence-electron chi connectivity index (χ0n) is 31.6. The predicted molar refractivity (Wildman–Crippen MR) is 242 cm³/mol. The first-order valence-electron chi connectivity index (χ1n) is 19.7. The first-order chi connectivity index (χ1) is 29.2. The second kappa shape index (κ2) is 12.6. The topological polar surface area (TPSA) is 62.4 Å². The van der Waals surface area contributed by atoms with Crippen molar-refractivity contribution in [3.05, 3.63) is 199 Å². The van der Waals surface area contributed by atoms with E-state index in [4.69, 9.17) is 0 Å². The first kappa shape index (κ1) is 32.8. The number of rotatable bonds is 4. The second-order valence-electron chi connectivity index (χ2n) is 15.1. The molecule has 0 fully saturated rings. The maximum Gasteiger partial charge on any atom is 0.101 e. The van der Waals surface area contributed by atoms with Crippen LogP contribution in [-0.2, 0) is 0 Å². The van der Waals surface area contributed by atoms with Gasteiger partial charge in [0.25, 0.3) is 0 Å². The predicted octanol–water partition coefficient (Wildman–Crippen LogP) is 13.5. The van der Waals surface area contributed by atoms with Gasteiger partial charge in [0.1, 0.15) is 12.1 Å². The van der Waals surface area contributed by atoms with E-state index in [9.17, 15) is 10.5 Å². The van der Waals surface area contributed by atoms with Crippen LogP contribution >= 0.6 is 0 Å². The minimum Gasteiger partial charge on any atom is -0.309 e. The fraction of sp³-hybridized carbons (Fsp3) is 0. The lowest BCUT2D eigenvalue weighted by molar-refractivity contribution is 1.12. The van der Waals surface area contributed by atoms with E-state index in [1.807, 2.05) is 30.3 Å². The highest BCUT2D eigenvalue weighted by Gasteiger charge is 2.24. The molecule has 0 unspecified atom stereocenters. The van der Waals surface area contributed by atoms with Gasteiger partial charge in [0.05, 0.1) is 55.6 Å². The van der Waals surface area contributed by atoms with Gasteiger partial charge in [-0.15, -0.1) is 0 Å². The summed E-state index contributed by atoms with van der Waals surface area (Å²) in [6.07, 6.45) is 0. The van der Waals surface area contributed by atoms with E-state index in [-0.39, 0.29) is 0 Å². The van der Waals surface area contributed by atoms with Gasteiger partial charge < -0.3 is 13.7 Å². The van der Waals surface area contributed by atoms with Crippen molar-refractivity contribution in [3.8, 4) is 40.3 Å². The third-order valence-corrected chi connectivity index (χ3v) is 12.1. The molecule has 0 saturated heterocycles. The number of para-hydroxylation sites is 3. The number of fused-ring (bicyclic) bond motifs is 12. The van der Waals surface area contributed by atoms with Gasteiger partial charge in [0, 0.05) is 38.0 Å². The Kier molecular flexibility index (Phi) is 6.99. The Labute approximate surface area is 338 Å². The van der Waals surface area contributed by atoms with Gasteiger partial charge >= 0.3 is 0 Å². The third-order valence-electron chi connectivity index (χ3n) is 12.1. The lowest BCUT2D eigenvalue weighted by Gasteiger charge is -2.16. The molecule has 0 bridgehead atoms. The lowest BCUT2D eigenvalue weighted by atomic mass is 10.0. The molecule has 0 N–H and O–H groups in total. The molecule has 0 atom stereocenters. The standard InChI is InChI=1S/C54H31N5/c55-32-37-31-51(59-46-25-24-36(34-13-3-1-4-14-34)29-43(46)52-40-18-8-7-15-35(40)23-26-47(52)59)38(33-56)30-50(37)58-45-22-12-10-20-42(45)54-49(58)28-27-48-53(54)41-19-9-11-21-44(41)57(48)39-16-5-2-6-17-39/h1-31H. The fourth-order valence-electron chi connectivity index (χ4n) is 9.62. The number of hydrogen-bond acceptors (Lipinski definition) is 2. The number of nitrogens with zero attached hydrogens (tertiary/aromatic N) is 5. The average molecular weight is 750 g/mol. The van der Waals surface area contributed by atoms with Crippen LogP contribution in [0.1, 0.15) is 11.1 Å². The highest BCUT2D eigenvalue weighted by atomic mass is 15.0. The molecule has 3 heterocycles. The minimum absolute atomic E-state index is 0.477. The van der Waals surface area contributed by atoms with Crippen LogP contribution in [0.2, 0.25) is 0 Å². The van der Waals surface area contributed by atoms with Crippen molar-refractivity contribution >= 4 is 76.2 Å². The normalized spacial score (nSPS) is 11.7. The molecular weight excluding hydrogens is 719 g/mol. The monoisotopic (exact) mass is 749 g/mol. The van der Waals surface area contributed by atoms with Gasteiger partial charge in [-0.3, -0.25) is 0 Å². The average Bonchev–Trinajstić information content (AvgIpc) is 3.94. The molecule has 5 nitrogen and oxygen atoms in total. The van der Waals surface area contributed by atoms with E-state index < -0.39 is 0 Å². The van der Waals surface area contributed by atoms with E-state index in [0.29, 0.717) is 22.5 Å². The SMILES string of the molecule is N#Cc1cc(-n2c3ccccc3c3c4c5ccccc5n(-c5ccccc5)c4ccc32)c(C#N)cc1-n1c2ccc(-c3ccccc3)cc2c2c3ccccc3ccc21. The molecule has 12 rings (SSSR count). The largest absolute Gasteiger partial charge is 0.309 e. The summed E-state index contributed by atoms with van der Waals surface area (Å²) in [4.78, 5) is 0. The van der Waals surface area contributed by atoms with Crippen LogP contribution in [0, 0.1) is 22.7 Å². The molecule has 59 heavy (non-hydrogen) atoms. The van der Waals surface area contributed by atoms with E-state index in [1.54, 1.807) is 0 Å². The van der Waals surface area contributed by atoms with Crippen LogP contribution in [0.25, 0.3) is 104 Å². The van der Waals surface area contributed by atoms with E-state index in [2.05, 4.69) is 184 Å². The van der Waals surface area contributed by atoms with Crippen molar-refractivity contribution in [2.75, 3.05) is 0 Å². The maximum atomic E-state index is 11.1. The van der Waals surface area contributed by atoms with Crippen molar-refractivity contribution in [1.29, 1.82) is 10.5 Å². The van der Waals surface area contributed by atoms with Crippen molar-refractivity contribution in [3.63, 3.8) is 0 Å². The number of nitriles is 2. The van der Waals surface area contributed by atoms with E-state index in [1.165, 1.54) is 0 Å². The lowest BCUT2D eigenvalue weighted by Crippen LogP contribution is -2.04. The summed E-state index contributed by atoms with van der Waals surface area (Å²) in [7, 11) is 0. The molecular formula is C54H31N5. The van der Waals surface area contributed by atoms with Crippen LogP contribution in [-0.4, -0.2) is 13.7 Å². The van der Waals surface area contributed by atoms with Gasteiger partial charge in [-0.1, -0.05) is 121 Å². The number of aromatic nitrogens is 3.